The second-order valence-corrected chi connectivity index (χ2v) is 7.60. The molecule has 166 valence electrons. The topological polar surface area (TPSA) is 72.5 Å². The number of rotatable bonds is 8. The third-order valence-electron chi connectivity index (χ3n) is 5.10. The Balaban J connectivity index is 0.00000341. The van der Waals surface area contributed by atoms with Gasteiger partial charge in [0.15, 0.2) is 5.96 Å². The Labute approximate surface area is 201 Å². The number of benzene rings is 2. The van der Waals surface area contributed by atoms with Gasteiger partial charge in [-0.25, -0.2) is 4.99 Å². The van der Waals surface area contributed by atoms with Crippen molar-refractivity contribution in [1.82, 2.24) is 20.5 Å². The number of hydrogen-bond acceptors (Lipinski definition) is 2. The number of carbonyl (C=O) groups excluding carboxylic acids is 1. The zero-order chi connectivity index (χ0) is 21.3. The number of halogens is 1. The van der Waals surface area contributed by atoms with Crippen LogP contribution in [0.5, 0.6) is 0 Å². The molecule has 0 atom stereocenters. The van der Waals surface area contributed by atoms with Gasteiger partial charge in [0.1, 0.15) is 6.54 Å². The summed E-state index contributed by atoms with van der Waals surface area (Å²) in [6.07, 6.45) is 3.84. The minimum atomic E-state index is -0.0218. The first kappa shape index (κ1) is 24.7. The van der Waals surface area contributed by atoms with E-state index in [-0.39, 0.29) is 36.4 Å². The van der Waals surface area contributed by atoms with Crippen LogP contribution in [0.25, 0.3) is 10.9 Å². The van der Waals surface area contributed by atoms with Gasteiger partial charge in [-0.05, 0) is 42.5 Å². The maximum absolute atomic E-state index is 11.9. The van der Waals surface area contributed by atoms with Crippen molar-refractivity contribution in [2.75, 3.05) is 33.7 Å². The van der Waals surface area contributed by atoms with Crippen LogP contribution in [0.1, 0.15) is 16.7 Å². The highest BCUT2D eigenvalue weighted by Crippen LogP contribution is 2.22. The van der Waals surface area contributed by atoms with Crippen LogP contribution >= 0.6 is 24.0 Å². The van der Waals surface area contributed by atoms with E-state index in [1.54, 1.807) is 19.0 Å². The van der Waals surface area contributed by atoms with Crippen LogP contribution in [0, 0.1) is 6.92 Å². The standard InChI is InChI=1S/C24H31N5O.HI/c1-18-8-7-11-21-23(18)20(16-27-21)13-15-26-24(28-17-22(30)29(2)3)25-14-12-19-9-5-4-6-10-19;/h4-11,16,27H,12-15,17H2,1-3H3,(H2,25,26,28);1H. The van der Waals surface area contributed by atoms with Gasteiger partial charge in [-0.15, -0.1) is 24.0 Å². The van der Waals surface area contributed by atoms with Crippen molar-refractivity contribution >= 4 is 46.7 Å². The summed E-state index contributed by atoms with van der Waals surface area (Å²) in [6, 6.07) is 16.6. The maximum Gasteiger partial charge on any atom is 0.243 e. The Morgan fingerprint density at radius 3 is 2.42 bits per heavy atom. The molecular formula is C24H32IN5O. The van der Waals surface area contributed by atoms with E-state index in [0.717, 1.165) is 31.4 Å². The molecule has 0 saturated carbocycles. The smallest absolute Gasteiger partial charge is 0.243 e. The predicted molar refractivity (Wildman–Crippen MR) is 139 cm³/mol. The van der Waals surface area contributed by atoms with E-state index >= 15 is 0 Å². The van der Waals surface area contributed by atoms with Crippen LogP contribution in [-0.4, -0.2) is 55.5 Å². The van der Waals surface area contributed by atoms with Crippen LogP contribution < -0.4 is 10.6 Å². The fourth-order valence-corrected chi connectivity index (χ4v) is 3.40. The number of nitrogens with zero attached hydrogens (tertiary/aromatic N) is 2. The third kappa shape index (κ3) is 7.27. The highest BCUT2D eigenvalue weighted by atomic mass is 127. The van der Waals surface area contributed by atoms with Crippen molar-refractivity contribution in [2.45, 2.75) is 19.8 Å². The number of carbonyl (C=O) groups is 1. The largest absolute Gasteiger partial charge is 0.361 e. The molecule has 1 amide bonds. The molecule has 0 aliphatic heterocycles. The molecule has 1 heterocycles. The summed E-state index contributed by atoms with van der Waals surface area (Å²) in [7, 11) is 3.49. The molecule has 31 heavy (non-hydrogen) atoms. The average Bonchev–Trinajstić information content (AvgIpc) is 3.16. The van der Waals surface area contributed by atoms with Crippen molar-refractivity contribution in [2.24, 2.45) is 4.99 Å². The van der Waals surface area contributed by atoms with Gasteiger partial charge in [-0.1, -0.05) is 42.5 Å². The number of amides is 1. The predicted octanol–water partition coefficient (Wildman–Crippen LogP) is 3.50. The number of aromatic amines is 1. The minimum absolute atomic E-state index is 0. The van der Waals surface area contributed by atoms with E-state index in [1.165, 1.54) is 22.1 Å². The number of aromatic nitrogens is 1. The van der Waals surface area contributed by atoms with Gasteiger partial charge in [0.2, 0.25) is 5.91 Å². The Morgan fingerprint density at radius 2 is 1.71 bits per heavy atom. The molecule has 0 fully saturated rings. The van der Waals surface area contributed by atoms with E-state index in [2.05, 4.69) is 64.1 Å². The summed E-state index contributed by atoms with van der Waals surface area (Å²) >= 11 is 0. The number of likely N-dealkylation sites (N-methyl/N-ethyl adjacent to an activating group) is 1. The Hall–Kier alpha value is -2.55. The molecule has 6 nitrogen and oxygen atoms in total. The van der Waals surface area contributed by atoms with Crippen molar-refractivity contribution in [3.8, 4) is 0 Å². The first-order chi connectivity index (χ1) is 14.5. The molecule has 3 N–H and O–H groups in total. The van der Waals surface area contributed by atoms with E-state index in [9.17, 15) is 4.79 Å². The van der Waals surface area contributed by atoms with Crippen molar-refractivity contribution in [1.29, 1.82) is 0 Å². The van der Waals surface area contributed by atoms with Crippen molar-refractivity contribution in [3.63, 3.8) is 0 Å². The highest BCUT2D eigenvalue weighted by molar-refractivity contribution is 14.0. The molecule has 0 unspecified atom stereocenters. The van der Waals surface area contributed by atoms with E-state index < -0.39 is 0 Å². The van der Waals surface area contributed by atoms with Crippen LogP contribution in [0.2, 0.25) is 0 Å². The molecule has 0 bridgehead atoms. The first-order valence-corrected chi connectivity index (χ1v) is 10.4. The Kier molecular flexibility index (Phi) is 9.84. The molecular weight excluding hydrogens is 501 g/mol. The zero-order valence-electron chi connectivity index (χ0n) is 18.4. The van der Waals surface area contributed by atoms with Crippen molar-refractivity contribution in [3.05, 3.63) is 71.4 Å². The van der Waals surface area contributed by atoms with Crippen LogP contribution in [0.15, 0.2) is 59.7 Å². The van der Waals surface area contributed by atoms with Crippen molar-refractivity contribution < 1.29 is 4.79 Å². The number of guanidine groups is 1. The van der Waals surface area contributed by atoms with Gasteiger partial charge >= 0.3 is 0 Å². The van der Waals surface area contributed by atoms with Crippen LogP contribution in [-0.2, 0) is 17.6 Å². The SMILES string of the molecule is Cc1cccc2[nH]cc(CCNC(=NCC(=O)N(C)C)NCCc3ccccc3)c12.I. The normalized spacial score (nSPS) is 11.1. The number of aliphatic imine (C=N–C) groups is 1. The second-order valence-electron chi connectivity index (χ2n) is 7.60. The maximum atomic E-state index is 11.9. The average molecular weight is 533 g/mol. The lowest BCUT2D eigenvalue weighted by Crippen LogP contribution is -2.40. The summed E-state index contributed by atoms with van der Waals surface area (Å²) in [5.41, 5.74) is 4.98. The highest BCUT2D eigenvalue weighted by Gasteiger charge is 2.08. The third-order valence-corrected chi connectivity index (χ3v) is 5.10. The van der Waals surface area contributed by atoms with E-state index in [1.807, 2.05) is 18.2 Å². The number of nitrogens with one attached hydrogen (secondary N) is 3. The van der Waals surface area contributed by atoms with Gasteiger partial charge in [-0.3, -0.25) is 4.79 Å². The van der Waals surface area contributed by atoms with Crippen LogP contribution in [0.4, 0.5) is 0 Å². The lowest BCUT2D eigenvalue weighted by Gasteiger charge is -2.14. The van der Waals surface area contributed by atoms with Gasteiger partial charge < -0.3 is 20.5 Å². The Morgan fingerprint density at radius 1 is 1.00 bits per heavy atom. The van der Waals surface area contributed by atoms with Gasteiger partial charge in [0.25, 0.3) is 0 Å². The molecule has 3 rings (SSSR count). The fourth-order valence-electron chi connectivity index (χ4n) is 3.40. The molecule has 7 heteroatoms. The molecule has 0 aliphatic rings. The monoisotopic (exact) mass is 533 g/mol. The number of aryl methyl sites for hydroxylation is 1. The summed E-state index contributed by atoms with van der Waals surface area (Å²) in [5, 5.41) is 8.02. The van der Waals surface area contributed by atoms with Gasteiger partial charge in [0.05, 0.1) is 0 Å². The minimum Gasteiger partial charge on any atom is -0.361 e. The molecule has 0 aliphatic carbocycles. The van der Waals surface area contributed by atoms with Gasteiger partial charge in [0, 0.05) is 44.3 Å². The Bertz CT molecular complexity index is 998. The number of hydrogen-bond donors (Lipinski definition) is 3. The summed E-state index contributed by atoms with van der Waals surface area (Å²) in [6.45, 7) is 3.74. The molecule has 2 aromatic carbocycles. The summed E-state index contributed by atoms with van der Waals surface area (Å²) < 4.78 is 0. The van der Waals surface area contributed by atoms with E-state index in [4.69, 9.17) is 0 Å². The zero-order valence-corrected chi connectivity index (χ0v) is 20.8. The lowest BCUT2D eigenvalue weighted by atomic mass is 10.1. The number of fused-ring (bicyclic) bond motifs is 1. The lowest BCUT2D eigenvalue weighted by molar-refractivity contribution is -0.127. The second kappa shape index (κ2) is 12.3. The van der Waals surface area contributed by atoms with E-state index in [0.29, 0.717) is 5.96 Å². The molecule has 0 spiro atoms. The molecule has 1 aromatic heterocycles. The first-order valence-electron chi connectivity index (χ1n) is 10.4. The fraction of sp³-hybridized carbons (Fsp3) is 0.333. The molecule has 0 radical (unpaired) electrons. The molecule has 3 aromatic rings. The summed E-state index contributed by atoms with van der Waals surface area (Å²) in [4.78, 5) is 21.3. The van der Waals surface area contributed by atoms with Crippen LogP contribution in [0.3, 0.4) is 0 Å². The summed E-state index contributed by atoms with van der Waals surface area (Å²) in [5.74, 6) is 0.643. The van der Waals surface area contributed by atoms with Gasteiger partial charge in [-0.2, -0.15) is 0 Å². The quantitative estimate of drug-likeness (QED) is 0.236. The molecule has 0 saturated heterocycles. The number of H-pyrrole nitrogens is 1.